The number of rotatable bonds is 4. The summed E-state index contributed by atoms with van der Waals surface area (Å²) in [4.78, 5) is 21.7. The molecule has 2 N–H and O–H groups in total. The number of aromatic nitrogens is 2. The van der Waals surface area contributed by atoms with Crippen molar-refractivity contribution < 1.29 is 27.9 Å². The van der Waals surface area contributed by atoms with Gasteiger partial charge in [-0.2, -0.15) is 18.3 Å². The number of anilines is 1. The number of alkyl halides is 3. The molecular formula is C14H10F3N3O3. The Morgan fingerprint density at radius 2 is 1.78 bits per heavy atom. The molecule has 2 rings (SSSR count). The van der Waals surface area contributed by atoms with Gasteiger partial charge in [0.05, 0.1) is 5.69 Å². The van der Waals surface area contributed by atoms with E-state index in [9.17, 15) is 22.8 Å². The molecule has 0 aliphatic rings. The molecule has 0 spiro atoms. The first-order chi connectivity index (χ1) is 10.8. The van der Waals surface area contributed by atoms with E-state index in [0.717, 1.165) is 16.8 Å². The molecule has 0 aliphatic heterocycles. The van der Waals surface area contributed by atoms with E-state index in [1.54, 1.807) is 0 Å². The van der Waals surface area contributed by atoms with Gasteiger partial charge >= 0.3 is 12.1 Å². The second kappa shape index (κ2) is 6.34. The molecule has 0 fully saturated rings. The molecule has 1 aromatic carbocycles. The van der Waals surface area contributed by atoms with E-state index >= 15 is 0 Å². The molecule has 9 heteroatoms. The van der Waals surface area contributed by atoms with Gasteiger partial charge in [-0.3, -0.25) is 4.79 Å². The largest absolute Gasteiger partial charge is 0.478 e. The number of nitrogens with one attached hydrogen (secondary N) is 1. The van der Waals surface area contributed by atoms with Gasteiger partial charge in [0.25, 0.3) is 0 Å². The van der Waals surface area contributed by atoms with Crippen LogP contribution in [0, 0.1) is 0 Å². The van der Waals surface area contributed by atoms with E-state index in [-0.39, 0.29) is 0 Å². The van der Waals surface area contributed by atoms with Crippen LogP contribution in [-0.4, -0.2) is 26.8 Å². The lowest BCUT2D eigenvalue weighted by Crippen LogP contribution is -2.09. The van der Waals surface area contributed by atoms with Crippen LogP contribution in [-0.2, 0) is 15.8 Å². The lowest BCUT2D eigenvalue weighted by Gasteiger charge is -2.05. The Bertz CT molecular complexity index is 749. The first-order valence-electron chi connectivity index (χ1n) is 6.21. The fraction of sp³-hybridized carbons (Fsp3) is 0.0714. The maximum absolute atomic E-state index is 12.5. The Balaban J connectivity index is 2.09. The highest BCUT2D eigenvalue weighted by atomic mass is 19.4. The van der Waals surface area contributed by atoms with Gasteiger partial charge in [-0.15, -0.1) is 0 Å². The first kappa shape index (κ1) is 16.3. The van der Waals surface area contributed by atoms with Gasteiger partial charge < -0.3 is 10.4 Å². The van der Waals surface area contributed by atoms with Crippen molar-refractivity contribution in [3.8, 4) is 5.69 Å². The lowest BCUT2D eigenvalue weighted by atomic mass is 10.3. The third kappa shape index (κ3) is 4.43. The zero-order valence-corrected chi connectivity index (χ0v) is 11.4. The summed E-state index contributed by atoms with van der Waals surface area (Å²) in [7, 11) is 0. The van der Waals surface area contributed by atoms with E-state index < -0.39 is 23.7 Å². The third-order valence-electron chi connectivity index (χ3n) is 2.66. The number of aliphatic carboxylic acids is 1. The zero-order chi connectivity index (χ0) is 17.0. The summed E-state index contributed by atoms with van der Waals surface area (Å²) in [5, 5.41) is 14.2. The van der Waals surface area contributed by atoms with Crippen molar-refractivity contribution in [3.05, 3.63) is 54.4 Å². The summed E-state index contributed by atoms with van der Waals surface area (Å²) >= 11 is 0. The Morgan fingerprint density at radius 3 is 2.30 bits per heavy atom. The Kier molecular flexibility index (Phi) is 4.49. The van der Waals surface area contributed by atoms with Crippen molar-refractivity contribution in [3.63, 3.8) is 0 Å². The summed E-state index contributed by atoms with van der Waals surface area (Å²) in [5.74, 6) is -1.90. The Morgan fingerprint density at radius 1 is 1.13 bits per heavy atom. The molecule has 1 aromatic heterocycles. The van der Waals surface area contributed by atoms with Crippen LogP contribution in [0.5, 0.6) is 0 Å². The topological polar surface area (TPSA) is 84.2 Å². The number of carbonyl (C=O) groups is 2. The third-order valence-corrected chi connectivity index (χ3v) is 2.66. The molecule has 2 aromatic rings. The monoisotopic (exact) mass is 325 g/mol. The van der Waals surface area contributed by atoms with Crippen molar-refractivity contribution in [2.75, 3.05) is 5.32 Å². The van der Waals surface area contributed by atoms with Crippen LogP contribution in [0.4, 0.5) is 18.9 Å². The average Bonchev–Trinajstić information content (AvgIpc) is 2.96. The van der Waals surface area contributed by atoms with E-state index in [4.69, 9.17) is 5.11 Å². The highest BCUT2D eigenvalue weighted by molar-refractivity contribution is 6.02. The minimum Gasteiger partial charge on any atom is -0.478 e. The molecule has 0 aliphatic carbocycles. The van der Waals surface area contributed by atoms with Gasteiger partial charge in [-0.1, -0.05) is 0 Å². The molecule has 0 bridgehead atoms. The van der Waals surface area contributed by atoms with Crippen molar-refractivity contribution in [2.24, 2.45) is 0 Å². The molecule has 0 saturated heterocycles. The molecule has 1 amide bonds. The Labute approximate surface area is 127 Å². The summed E-state index contributed by atoms with van der Waals surface area (Å²) in [6, 6.07) is 6.69. The van der Waals surface area contributed by atoms with E-state index in [2.05, 4.69) is 10.4 Å². The second-order valence-corrected chi connectivity index (χ2v) is 4.35. The van der Waals surface area contributed by atoms with E-state index in [1.807, 2.05) is 0 Å². The normalized spacial score (nSPS) is 11.6. The van der Waals surface area contributed by atoms with Crippen molar-refractivity contribution in [1.82, 2.24) is 9.78 Å². The van der Waals surface area contributed by atoms with Crippen LogP contribution in [0.25, 0.3) is 5.69 Å². The van der Waals surface area contributed by atoms with E-state index in [1.165, 1.54) is 30.5 Å². The summed E-state index contributed by atoms with van der Waals surface area (Å²) in [5.41, 5.74) is -0.273. The minimum absolute atomic E-state index is 0.358. The van der Waals surface area contributed by atoms with Crippen molar-refractivity contribution in [1.29, 1.82) is 0 Å². The van der Waals surface area contributed by atoms with Gasteiger partial charge in [0, 0.05) is 24.0 Å². The van der Waals surface area contributed by atoms with Crippen LogP contribution in [0.1, 0.15) is 5.69 Å². The maximum Gasteiger partial charge on any atom is 0.435 e. The fourth-order valence-electron chi connectivity index (χ4n) is 1.65. The molecule has 23 heavy (non-hydrogen) atoms. The van der Waals surface area contributed by atoms with Gasteiger partial charge in [-0.05, 0) is 30.3 Å². The molecule has 6 nitrogen and oxygen atoms in total. The minimum atomic E-state index is -4.52. The molecule has 0 unspecified atom stereocenters. The Hall–Kier alpha value is -3.10. The maximum atomic E-state index is 12.5. The SMILES string of the molecule is O=C(O)/C=C/C(=O)Nc1ccc(-n2ccc(C(F)(F)F)n2)cc1. The molecule has 1 heterocycles. The van der Waals surface area contributed by atoms with Crippen LogP contribution >= 0.6 is 0 Å². The van der Waals surface area contributed by atoms with Gasteiger partial charge in [0.15, 0.2) is 5.69 Å². The van der Waals surface area contributed by atoms with Crippen LogP contribution in [0.2, 0.25) is 0 Å². The summed E-state index contributed by atoms with van der Waals surface area (Å²) < 4.78 is 38.5. The smallest absolute Gasteiger partial charge is 0.435 e. The number of carboxylic acid groups (broad SMARTS) is 1. The molecular weight excluding hydrogens is 315 g/mol. The number of carbonyl (C=O) groups excluding carboxylic acids is 1. The number of halogens is 3. The number of carboxylic acids is 1. The first-order valence-corrected chi connectivity index (χ1v) is 6.21. The van der Waals surface area contributed by atoms with Gasteiger partial charge in [0.2, 0.25) is 5.91 Å². The van der Waals surface area contributed by atoms with Crippen LogP contribution in [0.3, 0.4) is 0 Å². The molecule has 0 atom stereocenters. The highest BCUT2D eigenvalue weighted by Crippen LogP contribution is 2.27. The van der Waals surface area contributed by atoms with Crippen molar-refractivity contribution >= 4 is 17.6 Å². The molecule has 0 radical (unpaired) electrons. The van der Waals surface area contributed by atoms with Crippen LogP contribution < -0.4 is 5.32 Å². The zero-order valence-electron chi connectivity index (χ0n) is 11.4. The number of hydrogen-bond acceptors (Lipinski definition) is 3. The summed E-state index contributed by atoms with van der Waals surface area (Å²) in [6.07, 6.45) is -1.81. The number of benzene rings is 1. The highest BCUT2D eigenvalue weighted by Gasteiger charge is 2.33. The quantitative estimate of drug-likeness (QED) is 0.846. The molecule has 120 valence electrons. The number of amides is 1. The standard InChI is InChI=1S/C14H10F3N3O3/c15-14(16,17)11-7-8-20(19-11)10-3-1-9(2-4-10)18-12(21)5-6-13(22)23/h1-8H,(H,18,21)(H,22,23)/b6-5+. The van der Waals surface area contributed by atoms with Crippen LogP contribution in [0.15, 0.2) is 48.7 Å². The fourth-order valence-corrected chi connectivity index (χ4v) is 1.65. The predicted octanol–water partition coefficient (Wildman–Crippen LogP) is 2.47. The van der Waals surface area contributed by atoms with E-state index in [0.29, 0.717) is 17.5 Å². The van der Waals surface area contributed by atoms with Gasteiger partial charge in [-0.25, -0.2) is 9.48 Å². The summed E-state index contributed by atoms with van der Waals surface area (Å²) in [6.45, 7) is 0. The predicted molar refractivity (Wildman–Crippen MR) is 74.0 cm³/mol. The lowest BCUT2D eigenvalue weighted by molar-refractivity contribution is -0.141. The average molecular weight is 325 g/mol. The number of hydrogen-bond donors (Lipinski definition) is 2. The second-order valence-electron chi connectivity index (χ2n) is 4.35. The number of nitrogens with zero attached hydrogens (tertiary/aromatic N) is 2. The van der Waals surface area contributed by atoms with Gasteiger partial charge in [0.1, 0.15) is 0 Å². The van der Waals surface area contributed by atoms with Crippen molar-refractivity contribution in [2.45, 2.75) is 6.18 Å². The molecule has 0 saturated carbocycles.